The van der Waals surface area contributed by atoms with Crippen LogP contribution in [0.4, 0.5) is 0 Å². The van der Waals surface area contributed by atoms with Crippen molar-refractivity contribution >= 4 is 0 Å². The lowest BCUT2D eigenvalue weighted by Crippen LogP contribution is -2.53. The van der Waals surface area contributed by atoms with E-state index in [0.717, 1.165) is 18.8 Å². The second kappa shape index (κ2) is 7.25. The van der Waals surface area contributed by atoms with Crippen molar-refractivity contribution in [3.05, 3.63) is 29.8 Å². The van der Waals surface area contributed by atoms with Gasteiger partial charge in [0, 0.05) is 5.54 Å². The van der Waals surface area contributed by atoms with Crippen LogP contribution in [0.1, 0.15) is 50.6 Å². The van der Waals surface area contributed by atoms with Gasteiger partial charge in [-0.25, -0.2) is 0 Å². The summed E-state index contributed by atoms with van der Waals surface area (Å²) in [6, 6.07) is 8.52. The van der Waals surface area contributed by atoms with Gasteiger partial charge in [0.25, 0.3) is 0 Å². The van der Waals surface area contributed by atoms with Gasteiger partial charge in [0.1, 0.15) is 5.75 Å². The maximum absolute atomic E-state index is 5.92. The zero-order valence-electron chi connectivity index (χ0n) is 13.6. The van der Waals surface area contributed by atoms with Crippen LogP contribution in [0.15, 0.2) is 24.3 Å². The van der Waals surface area contributed by atoms with E-state index in [2.05, 4.69) is 43.5 Å². The molecule has 1 aliphatic rings. The fraction of sp³-hybridized carbons (Fsp3) is 0.647. The zero-order chi connectivity index (χ0) is 15.3. The van der Waals surface area contributed by atoms with Gasteiger partial charge in [0.2, 0.25) is 0 Å². The van der Waals surface area contributed by atoms with E-state index in [-0.39, 0.29) is 11.6 Å². The minimum atomic E-state index is 0.112. The van der Waals surface area contributed by atoms with Crippen LogP contribution in [0.25, 0.3) is 0 Å². The van der Waals surface area contributed by atoms with Crippen LogP contribution in [-0.2, 0) is 0 Å². The van der Waals surface area contributed by atoms with Gasteiger partial charge in [-0.2, -0.15) is 0 Å². The van der Waals surface area contributed by atoms with Gasteiger partial charge in [-0.1, -0.05) is 31.9 Å². The van der Waals surface area contributed by atoms with Crippen LogP contribution >= 0.6 is 0 Å². The Morgan fingerprint density at radius 2 is 1.86 bits per heavy atom. The normalized spacial score (nSPS) is 18.9. The molecule has 0 bridgehead atoms. The fourth-order valence-corrected chi connectivity index (χ4v) is 3.52. The first-order chi connectivity index (χ1) is 10.1. The molecule has 0 heterocycles. The van der Waals surface area contributed by atoms with Gasteiger partial charge in [-0.15, -0.1) is 0 Å². The van der Waals surface area contributed by atoms with Crippen LogP contribution in [0, 0.1) is 0 Å². The Labute approximate surface area is 128 Å². The van der Waals surface area contributed by atoms with Gasteiger partial charge in [0.15, 0.2) is 0 Å². The third-order valence-corrected chi connectivity index (χ3v) is 4.75. The first-order valence-electron chi connectivity index (χ1n) is 8.00. The van der Waals surface area contributed by atoms with Crippen LogP contribution in [0.3, 0.4) is 0 Å². The average Bonchev–Trinajstić information content (AvgIpc) is 2.98. The van der Waals surface area contributed by atoms with E-state index in [9.17, 15) is 0 Å². The molecular weight excluding hydrogens is 262 g/mol. The molecule has 0 aromatic heterocycles. The molecule has 0 aliphatic heterocycles. The summed E-state index contributed by atoms with van der Waals surface area (Å²) in [6.07, 6.45) is 5.94. The second-order valence-corrected chi connectivity index (χ2v) is 6.22. The summed E-state index contributed by atoms with van der Waals surface area (Å²) in [5, 5.41) is 0. The molecule has 21 heavy (non-hydrogen) atoms. The standard InChI is InChI=1S/C17H29N3O/c1-4-13-21-15-9-7-14(8-10-15)16(19-18)17(20(2)3)11-5-6-12-17/h7-10,16,19H,4-6,11-13,18H2,1-3H3. The molecule has 4 heteroatoms. The number of ether oxygens (including phenoxy) is 1. The van der Waals surface area contributed by atoms with Gasteiger partial charge >= 0.3 is 0 Å². The maximum Gasteiger partial charge on any atom is 0.119 e. The molecule has 4 nitrogen and oxygen atoms in total. The fourth-order valence-electron chi connectivity index (χ4n) is 3.52. The molecule has 1 aromatic carbocycles. The SMILES string of the molecule is CCCOc1ccc(C(NN)C2(N(C)C)CCCC2)cc1. The van der Waals surface area contributed by atoms with Gasteiger partial charge < -0.3 is 9.64 Å². The van der Waals surface area contributed by atoms with Crippen LogP contribution in [0.5, 0.6) is 5.75 Å². The molecule has 0 saturated heterocycles. The summed E-state index contributed by atoms with van der Waals surface area (Å²) in [4.78, 5) is 2.34. The highest BCUT2D eigenvalue weighted by Gasteiger charge is 2.43. The van der Waals surface area contributed by atoms with Gasteiger partial charge in [-0.05, 0) is 51.1 Å². The smallest absolute Gasteiger partial charge is 0.119 e. The minimum absolute atomic E-state index is 0.112. The van der Waals surface area contributed by atoms with Crippen molar-refractivity contribution in [2.24, 2.45) is 5.84 Å². The minimum Gasteiger partial charge on any atom is -0.494 e. The molecule has 0 radical (unpaired) electrons. The number of hydrogen-bond acceptors (Lipinski definition) is 4. The van der Waals surface area contributed by atoms with E-state index in [1.165, 1.54) is 31.2 Å². The largest absolute Gasteiger partial charge is 0.494 e. The predicted molar refractivity (Wildman–Crippen MR) is 87.2 cm³/mol. The van der Waals surface area contributed by atoms with E-state index in [1.807, 2.05) is 12.1 Å². The van der Waals surface area contributed by atoms with E-state index in [1.54, 1.807) is 0 Å². The average molecular weight is 291 g/mol. The molecule has 2 rings (SSSR count). The molecule has 3 N–H and O–H groups in total. The van der Waals surface area contributed by atoms with E-state index >= 15 is 0 Å². The molecular formula is C17H29N3O. The summed E-state index contributed by atoms with van der Waals surface area (Å²) in [6.45, 7) is 2.88. The van der Waals surface area contributed by atoms with Crippen molar-refractivity contribution in [1.82, 2.24) is 10.3 Å². The lowest BCUT2D eigenvalue weighted by molar-refractivity contribution is 0.105. The molecule has 1 aliphatic carbocycles. The number of nitrogens with two attached hydrogens (primary N) is 1. The van der Waals surface area contributed by atoms with Crippen molar-refractivity contribution < 1.29 is 4.74 Å². The molecule has 1 atom stereocenters. The van der Waals surface area contributed by atoms with E-state index in [0.29, 0.717) is 0 Å². The first kappa shape index (κ1) is 16.3. The van der Waals surface area contributed by atoms with E-state index in [4.69, 9.17) is 10.6 Å². The Kier molecular flexibility index (Phi) is 5.62. The van der Waals surface area contributed by atoms with Crippen LogP contribution in [-0.4, -0.2) is 31.1 Å². The monoisotopic (exact) mass is 291 g/mol. The topological polar surface area (TPSA) is 50.5 Å². The molecule has 1 aromatic rings. The van der Waals surface area contributed by atoms with Crippen LogP contribution in [0.2, 0.25) is 0 Å². The molecule has 0 spiro atoms. The van der Waals surface area contributed by atoms with Crippen molar-refractivity contribution in [3.8, 4) is 5.75 Å². The molecule has 1 fully saturated rings. The third kappa shape index (κ3) is 3.39. The summed E-state index contributed by atoms with van der Waals surface area (Å²) >= 11 is 0. The van der Waals surface area contributed by atoms with Gasteiger partial charge in [0.05, 0.1) is 12.6 Å². The number of hydrogen-bond donors (Lipinski definition) is 2. The highest BCUT2D eigenvalue weighted by atomic mass is 16.5. The number of benzene rings is 1. The van der Waals surface area contributed by atoms with Crippen molar-refractivity contribution in [1.29, 1.82) is 0 Å². The first-order valence-corrected chi connectivity index (χ1v) is 8.00. The molecule has 118 valence electrons. The third-order valence-electron chi connectivity index (χ3n) is 4.75. The maximum atomic E-state index is 5.92. The lowest BCUT2D eigenvalue weighted by Gasteiger charge is -2.43. The van der Waals surface area contributed by atoms with Crippen molar-refractivity contribution in [2.75, 3.05) is 20.7 Å². The molecule has 0 amide bonds. The number of rotatable bonds is 7. The summed E-state index contributed by atoms with van der Waals surface area (Å²) < 4.78 is 5.66. The highest BCUT2D eigenvalue weighted by molar-refractivity contribution is 5.31. The van der Waals surface area contributed by atoms with Gasteiger partial charge in [-0.3, -0.25) is 11.3 Å². The van der Waals surface area contributed by atoms with Crippen LogP contribution < -0.4 is 16.0 Å². The van der Waals surface area contributed by atoms with Crippen molar-refractivity contribution in [3.63, 3.8) is 0 Å². The Hall–Kier alpha value is -1.10. The molecule has 1 saturated carbocycles. The number of likely N-dealkylation sites (N-methyl/N-ethyl adjacent to an activating group) is 1. The summed E-state index contributed by atoms with van der Waals surface area (Å²) in [7, 11) is 4.32. The predicted octanol–water partition coefficient (Wildman–Crippen LogP) is 2.85. The second-order valence-electron chi connectivity index (χ2n) is 6.22. The number of hydrazine groups is 1. The Morgan fingerprint density at radius 1 is 1.24 bits per heavy atom. The molecule has 1 unspecified atom stereocenters. The summed E-state index contributed by atoms with van der Waals surface area (Å²) in [5.74, 6) is 6.85. The zero-order valence-corrected chi connectivity index (χ0v) is 13.6. The number of nitrogens with one attached hydrogen (secondary N) is 1. The number of nitrogens with zero attached hydrogens (tertiary/aromatic N) is 1. The highest BCUT2D eigenvalue weighted by Crippen LogP contribution is 2.43. The van der Waals surface area contributed by atoms with E-state index < -0.39 is 0 Å². The lowest BCUT2D eigenvalue weighted by atomic mass is 9.83. The quantitative estimate of drug-likeness (QED) is 0.599. The Bertz CT molecular complexity index is 424. The Morgan fingerprint density at radius 3 is 2.33 bits per heavy atom. The Balaban J connectivity index is 2.20. The van der Waals surface area contributed by atoms with Crippen molar-refractivity contribution in [2.45, 2.75) is 50.6 Å². The summed E-state index contributed by atoms with van der Waals surface area (Å²) in [5.41, 5.74) is 4.41.